The second-order valence-corrected chi connectivity index (χ2v) is 2.30. The summed E-state index contributed by atoms with van der Waals surface area (Å²) in [6.07, 6.45) is 0. The van der Waals surface area contributed by atoms with E-state index in [-0.39, 0.29) is 5.88 Å². The van der Waals surface area contributed by atoms with Crippen molar-refractivity contribution in [3.63, 3.8) is 0 Å². The van der Waals surface area contributed by atoms with Gasteiger partial charge in [0, 0.05) is 0 Å². The van der Waals surface area contributed by atoms with Gasteiger partial charge in [0.25, 0.3) is 0 Å². The zero-order valence-electron chi connectivity index (χ0n) is 5.56. The summed E-state index contributed by atoms with van der Waals surface area (Å²) in [7, 11) is 0. The van der Waals surface area contributed by atoms with Gasteiger partial charge in [-0.3, -0.25) is 0 Å². The lowest BCUT2D eigenvalue weighted by molar-refractivity contribution is 0.578. The molecule has 0 bridgehead atoms. The fourth-order valence-electron chi connectivity index (χ4n) is 0.680. The van der Waals surface area contributed by atoms with E-state index in [2.05, 4.69) is 4.98 Å². The van der Waals surface area contributed by atoms with Gasteiger partial charge in [-0.25, -0.2) is 4.98 Å². The highest BCUT2D eigenvalue weighted by Gasteiger charge is 1.98. The maximum absolute atomic E-state index is 12.4. The van der Waals surface area contributed by atoms with E-state index in [1.54, 1.807) is 6.07 Å². The van der Waals surface area contributed by atoms with E-state index in [4.69, 9.17) is 11.6 Å². The molecule has 0 atom stereocenters. The molecule has 0 spiro atoms. The van der Waals surface area contributed by atoms with Crippen molar-refractivity contribution >= 4 is 11.6 Å². The Morgan fingerprint density at radius 3 is 2.80 bits per heavy atom. The van der Waals surface area contributed by atoms with Crippen LogP contribution in [0.25, 0.3) is 0 Å². The van der Waals surface area contributed by atoms with Gasteiger partial charge < -0.3 is 0 Å². The second-order valence-electron chi connectivity index (χ2n) is 2.03. The fraction of sp³-hybridized carbons (Fsp3) is 0.286. The standard InChI is InChI=1S/C7H7ClFN/c1-5-2-3-7(9)10-6(5)4-8/h2-3H,4H2,1H3. The van der Waals surface area contributed by atoms with Crippen LogP contribution in [0.1, 0.15) is 11.3 Å². The Morgan fingerprint density at radius 1 is 1.60 bits per heavy atom. The summed E-state index contributed by atoms with van der Waals surface area (Å²) in [5, 5.41) is 0. The molecule has 0 saturated heterocycles. The molecule has 0 N–H and O–H groups in total. The average molecular weight is 160 g/mol. The van der Waals surface area contributed by atoms with Gasteiger partial charge >= 0.3 is 0 Å². The van der Waals surface area contributed by atoms with Crippen LogP contribution in [0.4, 0.5) is 4.39 Å². The molecule has 1 rings (SSSR count). The first-order valence-electron chi connectivity index (χ1n) is 2.92. The summed E-state index contributed by atoms with van der Waals surface area (Å²) in [5.41, 5.74) is 1.54. The van der Waals surface area contributed by atoms with Gasteiger partial charge in [0.2, 0.25) is 5.95 Å². The first kappa shape index (κ1) is 7.48. The van der Waals surface area contributed by atoms with E-state index in [0.29, 0.717) is 5.69 Å². The van der Waals surface area contributed by atoms with Gasteiger partial charge in [-0.05, 0) is 18.6 Å². The molecule has 1 aromatic rings. The van der Waals surface area contributed by atoms with Crippen molar-refractivity contribution in [2.75, 3.05) is 0 Å². The summed E-state index contributed by atoms with van der Waals surface area (Å²) >= 11 is 5.48. The van der Waals surface area contributed by atoms with Gasteiger partial charge in [-0.15, -0.1) is 11.6 Å². The van der Waals surface area contributed by atoms with Gasteiger partial charge in [-0.1, -0.05) is 6.07 Å². The van der Waals surface area contributed by atoms with Crippen molar-refractivity contribution in [1.82, 2.24) is 4.98 Å². The Hall–Kier alpha value is -0.630. The third-order valence-electron chi connectivity index (χ3n) is 1.29. The molecule has 0 aliphatic heterocycles. The highest BCUT2D eigenvalue weighted by atomic mass is 35.5. The van der Waals surface area contributed by atoms with Crippen LogP contribution in [0.3, 0.4) is 0 Å². The van der Waals surface area contributed by atoms with Gasteiger partial charge in [0.15, 0.2) is 0 Å². The molecule has 0 radical (unpaired) electrons. The Labute approximate surface area is 63.8 Å². The number of halogens is 2. The molecule has 10 heavy (non-hydrogen) atoms. The van der Waals surface area contributed by atoms with Crippen LogP contribution in [-0.2, 0) is 5.88 Å². The summed E-state index contributed by atoms with van der Waals surface area (Å²) in [4.78, 5) is 3.59. The van der Waals surface area contributed by atoms with Crippen molar-refractivity contribution in [3.8, 4) is 0 Å². The zero-order chi connectivity index (χ0) is 7.56. The largest absolute Gasteiger partial charge is 0.223 e. The van der Waals surface area contributed by atoms with Crippen LogP contribution in [0, 0.1) is 12.9 Å². The maximum atomic E-state index is 12.4. The molecule has 0 aliphatic rings. The van der Waals surface area contributed by atoms with Crippen molar-refractivity contribution < 1.29 is 4.39 Å². The minimum Gasteiger partial charge on any atom is -0.223 e. The van der Waals surface area contributed by atoms with Crippen LogP contribution in [-0.4, -0.2) is 4.98 Å². The van der Waals surface area contributed by atoms with E-state index in [9.17, 15) is 4.39 Å². The fourth-order valence-corrected chi connectivity index (χ4v) is 0.950. The highest BCUT2D eigenvalue weighted by molar-refractivity contribution is 6.16. The highest BCUT2D eigenvalue weighted by Crippen LogP contribution is 2.07. The second kappa shape index (κ2) is 2.97. The molecule has 1 nitrogen and oxygen atoms in total. The number of aromatic nitrogens is 1. The number of rotatable bonds is 1. The SMILES string of the molecule is Cc1ccc(F)nc1CCl. The molecule has 0 amide bonds. The number of hydrogen-bond acceptors (Lipinski definition) is 1. The van der Waals surface area contributed by atoms with Gasteiger partial charge in [0.1, 0.15) is 0 Å². The molecule has 0 aromatic carbocycles. The maximum Gasteiger partial charge on any atom is 0.213 e. The van der Waals surface area contributed by atoms with Gasteiger partial charge in [0.05, 0.1) is 11.6 Å². The quantitative estimate of drug-likeness (QED) is 0.453. The van der Waals surface area contributed by atoms with E-state index in [0.717, 1.165) is 5.56 Å². The Bertz CT molecular complexity index is 237. The molecule has 0 unspecified atom stereocenters. The molecule has 1 heterocycles. The number of alkyl halides is 1. The molecule has 1 aromatic heterocycles. The lowest BCUT2D eigenvalue weighted by Gasteiger charge is -1.98. The third kappa shape index (κ3) is 1.45. The van der Waals surface area contributed by atoms with Gasteiger partial charge in [-0.2, -0.15) is 4.39 Å². The monoisotopic (exact) mass is 159 g/mol. The Morgan fingerprint density at radius 2 is 2.30 bits per heavy atom. The summed E-state index contributed by atoms with van der Waals surface area (Å²) in [5.74, 6) is -0.204. The predicted molar refractivity (Wildman–Crippen MR) is 38.5 cm³/mol. The lowest BCUT2D eigenvalue weighted by atomic mass is 10.2. The van der Waals surface area contributed by atoms with Crippen molar-refractivity contribution in [2.45, 2.75) is 12.8 Å². The van der Waals surface area contributed by atoms with E-state index in [1.807, 2.05) is 6.92 Å². The first-order valence-corrected chi connectivity index (χ1v) is 3.45. The molecule has 0 saturated carbocycles. The molecule has 0 fully saturated rings. The van der Waals surface area contributed by atoms with Crippen molar-refractivity contribution in [3.05, 3.63) is 29.3 Å². The molecule has 3 heteroatoms. The van der Waals surface area contributed by atoms with Crippen LogP contribution < -0.4 is 0 Å². The number of pyridine rings is 1. The van der Waals surface area contributed by atoms with E-state index in [1.165, 1.54) is 6.07 Å². The minimum atomic E-state index is -0.471. The summed E-state index contributed by atoms with van der Waals surface area (Å²) in [6, 6.07) is 2.99. The lowest BCUT2D eigenvalue weighted by Crippen LogP contribution is -1.92. The summed E-state index contributed by atoms with van der Waals surface area (Å²) in [6.45, 7) is 1.85. The minimum absolute atomic E-state index is 0.267. The van der Waals surface area contributed by atoms with Crippen LogP contribution in [0.15, 0.2) is 12.1 Å². The Kier molecular flexibility index (Phi) is 2.22. The average Bonchev–Trinajstić information content (AvgIpc) is 1.94. The molecular formula is C7H7ClFN. The van der Waals surface area contributed by atoms with Crippen molar-refractivity contribution in [1.29, 1.82) is 0 Å². The van der Waals surface area contributed by atoms with Crippen molar-refractivity contribution in [2.24, 2.45) is 0 Å². The number of aryl methyl sites for hydroxylation is 1. The third-order valence-corrected chi connectivity index (χ3v) is 1.55. The number of hydrogen-bond donors (Lipinski definition) is 0. The molecule has 0 aliphatic carbocycles. The van der Waals surface area contributed by atoms with Crippen LogP contribution in [0.2, 0.25) is 0 Å². The topological polar surface area (TPSA) is 12.9 Å². The van der Waals surface area contributed by atoms with Crippen LogP contribution in [0.5, 0.6) is 0 Å². The summed E-state index contributed by atoms with van der Waals surface area (Å²) < 4.78 is 12.4. The predicted octanol–water partition coefficient (Wildman–Crippen LogP) is 2.27. The molecular weight excluding hydrogens is 153 g/mol. The normalized spacial score (nSPS) is 9.90. The van der Waals surface area contributed by atoms with Crippen LogP contribution >= 0.6 is 11.6 Å². The van der Waals surface area contributed by atoms with E-state index >= 15 is 0 Å². The first-order chi connectivity index (χ1) is 4.74. The molecule has 54 valence electrons. The smallest absolute Gasteiger partial charge is 0.213 e. The zero-order valence-corrected chi connectivity index (χ0v) is 6.32. The van der Waals surface area contributed by atoms with E-state index < -0.39 is 5.95 Å². The number of nitrogens with zero attached hydrogens (tertiary/aromatic N) is 1. The Balaban J connectivity index is 3.09.